The zero-order valence-corrected chi connectivity index (χ0v) is 40.7. The molecular formula is C52H63N7O8S. The third kappa shape index (κ3) is 8.91. The normalized spacial score (nSPS) is 22.0. The number of likely N-dealkylation sites (tertiary alicyclic amines) is 2. The van der Waals surface area contributed by atoms with Crippen molar-refractivity contribution >= 4 is 56.8 Å². The van der Waals surface area contributed by atoms with Crippen molar-refractivity contribution in [1.29, 1.82) is 0 Å². The summed E-state index contributed by atoms with van der Waals surface area (Å²) in [6.45, 7) is 8.53. The molecule has 3 N–H and O–H groups in total. The maximum Gasteiger partial charge on any atom is 0.407 e. The Kier molecular flexibility index (Phi) is 13.0. The van der Waals surface area contributed by atoms with Crippen molar-refractivity contribution in [3.05, 3.63) is 77.5 Å². The first-order valence-electron chi connectivity index (χ1n) is 24.2. The van der Waals surface area contributed by atoms with E-state index < -0.39 is 40.3 Å². The number of anilines is 1. The first-order valence-corrected chi connectivity index (χ1v) is 25.6. The van der Waals surface area contributed by atoms with Gasteiger partial charge in [0.25, 0.3) is 10.0 Å². The van der Waals surface area contributed by atoms with E-state index in [0.717, 1.165) is 59.2 Å². The number of hydrogen-bond acceptors (Lipinski definition) is 10. The van der Waals surface area contributed by atoms with Crippen molar-refractivity contribution in [2.24, 2.45) is 26.6 Å². The van der Waals surface area contributed by atoms with Gasteiger partial charge in [0.05, 0.1) is 32.0 Å². The minimum absolute atomic E-state index is 0.0885. The summed E-state index contributed by atoms with van der Waals surface area (Å²) in [5.74, 6) is -0.560. The van der Waals surface area contributed by atoms with Crippen molar-refractivity contribution in [1.82, 2.24) is 20.4 Å². The van der Waals surface area contributed by atoms with E-state index >= 15 is 0 Å². The Morgan fingerprint density at radius 1 is 0.721 bits per heavy atom. The Labute approximate surface area is 399 Å². The van der Waals surface area contributed by atoms with E-state index in [1.807, 2.05) is 50.9 Å². The van der Waals surface area contributed by atoms with Crippen molar-refractivity contribution in [3.63, 3.8) is 0 Å². The number of methoxy groups -OCH3 is 2. The van der Waals surface area contributed by atoms with Gasteiger partial charge in [0.2, 0.25) is 11.8 Å². The summed E-state index contributed by atoms with van der Waals surface area (Å²) in [6.07, 6.45) is 10.8. The van der Waals surface area contributed by atoms with Crippen LogP contribution in [0.1, 0.15) is 102 Å². The van der Waals surface area contributed by atoms with Crippen LogP contribution in [0.2, 0.25) is 0 Å². The molecule has 2 saturated heterocycles. The van der Waals surface area contributed by atoms with Gasteiger partial charge in [0, 0.05) is 31.4 Å². The van der Waals surface area contributed by atoms with Gasteiger partial charge in [-0.3, -0.25) is 14.6 Å². The number of nitrogens with one attached hydrogen (secondary N) is 3. The quantitative estimate of drug-likeness (QED) is 0.171. The van der Waals surface area contributed by atoms with Gasteiger partial charge in [-0.15, -0.1) is 4.40 Å². The molecule has 0 aromatic heterocycles. The minimum Gasteiger partial charge on any atom is -0.453 e. The van der Waals surface area contributed by atoms with E-state index in [9.17, 15) is 27.6 Å². The second-order valence-electron chi connectivity index (χ2n) is 20.1. The van der Waals surface area contributed by atoms with Gasteiger partial charge in [0.15, 0.2) is 0 Å². The topological polar surface area (TPSA) is 188 Å². The van der Waals surface area contributed by atoms with E-state index in [1.54, 1.807) is 11.0 Å². The number of ether oxygens (including phenoxy) is 2. The molecule has 4 amide bonds. The summed E-state index contributed by atoms with van der Waals surface area (Å²) in [5.41, 5.74) is 10.8. The predicted molar refractivity (Wildman–Crippen MR) is 262 cm³/mol. The molecule has 6 aliphatic rings. The zero-order chi connectivity index (χ0) is 48.1. The highest BCUT2D eigenvalue weighted by Crippen LogP contribution is 2.53. The van der Waals surface area contributed by atoms with Crippen LogP contribution >= 0.6 is 0 Å². The van der Waals surface area contributed by atoms with Gasteiger partial charge in [0.1, 0.15) is 22.8 Å². The molecule has 1 saturated carbocycles. The van der Waals surface area contributed by atoms with E-state index in [4.69, 9.17) is 14.5 Å². The summed E-state index contributed by atoms with van der Waals surface area (Å²) in [7, 11) is -1.54. The summed E-state index contributed by atoms with van der Waals surface area (Å²) >= 11 is 0. The van der Waals surface area contributed by atoms with Gasteiger partial charge in [-0.25, -0.2) is 9.59 Å². The lowest BCUT2D eigenvalue weighted by molar-refractivity contribution is -0.134. The third-order valence-corrected chi connectivity index (χ3v) is 16.5. The number of carbonyl (C=O) groups excluding carboxylic acids is 4. The summed E-state index contributed by atoms with van der Waals surface area (Å²) < 4.78 is 41.4. The molecule has 0 unspecified atom stereocenters. The number of allylic oxidation sites excluding steroid dienone is 1. The van der Waals surface area contributed by atoms with Crippen LogP contribution in [0.25, 0.3) is 27.8 Å². The van der Waals surface area contributed by atoms with Crippen molar-refractivity contribution < 1.29 is 37.1 Å². The molecule has 9 rings (SSSR count). The molecule has 3 fully saturated rings. The van der Waals surface area contributed by atoms with Crippen LogP contribution in [-0.2, 0) is 41.9 Å². The van der Waals surface area contributed by atoms with Gasteiger partial charge in [-0.05, 0) is 125 Å². The number of rotatable bonds is 11. The second kappa shape index (κ2) is 18.8. The lowest BCUT2D eigenvalue weighted by Gasteiger charge is -2.32. The SMILES string of the molecule is COC(=O)N[C@H](C(=O)N1CCC[C@H]1C1=NC=C(c2ccc(-c3ccc(-c4ccc5c(c4)NC([C@@H]4CCCN4C(=O)[C@@H](NC(=O)OC)C(C)C)=NS5(=O)=O)c4c3CC3(CCCC3)C4)cc2)C1)C(C)C. The number of amidine groups is 1. The maximum absolute atomic E-state index is 13.9. The fraction of sp³-hybridized carbons (Fsp3) is 0.500. The highest BCUT2D eigenvalue weighted by atomic mass is 32.2. The smallest absolute Gasteiger partial charge is 0.407 e. The molecular weight excluding hydrogens is 883 g/mol. The van der Waals surface area contributed by atoms with Crippen LogP contribution in [0.15, 0.2) is 75.1 Å². The first kappa shape index (κ1) is 47.1. The number of sulfonamides is 1. The van der Waals surface area contributed by atoms with Crippen LogP contribution in [-0.4, -0.2) is 105 Å². The predicted octanol–water partition coefficient (Wildman–Crippen LogP) is 8.12. The molecule has 4 atom stereocenters. The van der Waals surface area contributed by atoms with Crippen LogP contribution in [0.5, 0.6) is 0 Å². The molecule has 16 heteroatoms. The number of amides is 4. The number of fused-ring (bicyclic) bond motifs is 2. The second-order valence-corrected chi connectivity index (χ2v) is 21.7. The number of benzene rings is 3. The van der Waals surface area contributed by atoms with Crippen LogP contribution in [0.3, 0.4) is 0 Å². The maximum atomic E-state index is 13.9. The number of carbonyl (C=O) groups is 4. The Bertz CT molecular complexity index is 2720. The molecule has 2 aliphatic carbocycles. The Morgan fingerprint density at radius 3 is 1.82 bits per heavy atom. The molecule has 4 heterocycles. The summed E-state index contributed by atoms with van der Waals surface area (Å²) in [5, 5.41) is 8.74. The fourth-order valence-electron chi connectivity index (χ4n) is 11.6. The van der Waals surface area contributed by atoms with E-state index in [2.05, 4.69) is 56.7 Å². The number of hydrogen-bond donors (Lipinski definition) is 3. The Morgan fingerprint density at radius 2 is 1.25 bits per heavy atom. The summed E-state index contributed by atoms with van der Waals surface area (Å²) in [6, 6.07) is 16.3. The molecule has 68 heavy (non-hydrogen) atoms. The van der Waals surface area contributed by atoms with Crippen LogP contribution in [0.4, 0.5) is 15.3 Å². The Hall–Kier alpha value is -6.03. The molecule has 15 nitrogen and oxygen atoms in total. The standard InChI is InChI=1S/C52H63N7O8S/c1-30(2)45(55-50(62)66-5)48(60)58-23-9-11-42(58)40-26-35(29-53-40)32-13-15-33(16-14-32)36-18-19-37(39-28-52(27-38(36)39)21-7-8-22-52)34-17-20-44-41(25-34)54-47(57-68(44,64)65)43-12-10-24-59(43)49(61)46(31(3)4)56-51(63)67-6/h13-20,25,29-31,42-43,45-46H,7-12,21-24,26-28H2,1-6H3,(H,54,57)(H,55,62)(H,56,63)/t42-,43-,45-,46-/m0/s1. The van der Waals surface area contributed by atoms with Gasteiger partial charge < -0.3 is 35.2 Å². The molecule has 0 radical (unpaired) electrons. The van der Waals surface area contributed by atoms with Crippen molar-refractivity contribution in [3.8, 4) is 22.3 Å². The largest absolute Gasteiger partial charge is 0.453 e. The average Bonchev–Trinajstić information content (AvgIpc) is 4.19. The minimum atomic E-state index is -4.09. The monoisotopic (exact) mass is 945 g/mol. The van der Waals surface area contributed by atoms with Gasteiger partial charge >= 0.3 is 12.2 Å². The van der Waals surface area contributed by atoms with Crippen LogP contribution < -0.4 is 16.0 Å². The summed E-state index contributed by atoms with van der Waals surface area (Å²) in [4.78, 5) is 60.4. The van der Waals surface area contributed by atoms with E-state index in [0.29, 0.717) is 38.0 Å². The lowest BCUT2D eigenvalue weighted by Crippen LogP contribution is -2.54. The average molecular weight is 946 g/mol. The van der Waals surface area contributed by atoms with E-state index in [1.165, 1.54) is 56.6 Å². The third-order valence-electron chi connectivity index (χ3n) is 15.1. The molecule has 4 aliphatic heterocycles. The molecule has 360 valence electrons. The van der Waals surface area contributed by atoms with Crippen LogP contribution in [0, 0.1) is 17.3 Å². The molecule has 3 aromatic rings. The van der Waals surface area contributed by atoms with Gasteiger partial charge in [-0.2, -0.15) is 8.42 Å². The number of alkyl carbamates (subject to hydrolysis) is 2. The number of nitrogens with zero attached hydrogens (tertiary/aromatic N) is 4. The molecule has 1 spiro atoms. The zero-order valence-electron chi connectivity index (χ0n) is 39.9. The highest BCUT2D eigenvalue weighted by Gasteiger charge is 2.44. The van der Waals surface area contributed by atoms with Crippen molar-refractivity contribution in [2.45, 2.75) is 127 Å². The van der Waals surface area contributed by atoms with E-state index in [-0.39, 0.29) is 45.8 Å². The molecule has 3 aromatic carbocycles. The highest BCUT2D eigenvalue weighted by molar-refractivity contribution is 7.90. The lowest BCUT2D eigenvalue weighted by atomic mass is 9.82. The first-order chi connectivity index (χ1) is 32.6. The molecule has 0 bridgehead atoms. The van der Waals surface area contributed by atoms with Crippen molar-refractivity contribution in [2.75, 3.05) is 32.6 Å². The fourth-order valence-corrected chi connectivity index (χ4v) is 12.7. The van der Waals surface area contributed by atoms with Gasteiger partial charge in [-0.1, -0.05) is 83.0 Å². The Balaban J connectivity index is 0.951. The number of aliphatic imine (C=N–C) groups is 1.